The van der Waals surface area contributed by atoms with Crippen molar-refractivity contribution in [2.24, 2.45) is 0 Å². The topological polar surface area (TPSA) is 118 Å². The third-order valence-electron chi connectivity index (χ3n) is 2.92. The normalized spacial score (nSPS) is 10.3. The van der Waals surface area contributed by atoms with Crippen molar-refractivity contribution in [1.82, 2.24) is 0 Å². The number of rotatable bonds is 5. The van der Waals surface area contributed by atoms with Crippen LogP contribution in [0.25, 0.3) is 0 Å². The molecule has 2 aromatic rings. The molecule has 10 heteroatoms. The Kier molecular flexibility index (Phi) is 5.62. The second kappa shape index (κ2) is 7.49. The summed E-state index contributed by atoms with van der Waals surface area (Å²) < 4.78 is 19.8. The van der Waals surface area contributed by atoms with E-state index in [1.54, 1.807) is 0 Å². The number of carbonyl (C=O) groups excluding carboxylic acids is 3. The summed E-state index contributed by atoms with van der Waals surface area (Å²) >= 11 is 3.92. The van der Waals surface area contributed by atoms with Gasteiger partial charge in [-0.25, -0.2) is 14.4 Å². The third-order valence-corrected chi connectivity index (χ3v) is 4.38. The number of thiophene rings is 1. The first-order valence-corrected chi connectivity index (χ1v) is 8.00. The van der Waals surface area contributed by atoms with Crippen LogP contribution in [-0.2, 0) is 20.8 Å². The average molecular weight is 418 g/mol. The van der Waals surface area contributed by atoms with E-state index in [1.807, 2.05) is 0 Å². The fraction of sp³-hybridized carbons (Fsp3) is 0.214. The van der Waals surface area contributed by atoms with Crippen molar-refractivity contribution in [3.05, 3.63) is 38.6 Å². The predicted octanol–water partition coefficient (Wildman–Crippen LogP) is 2.62. The van der Waals surface area contributed by atoms with Crippen LogP contribution in [0.4, 0.5) is 5.00 Å². The van der Waals surface area contributed by atoms with Crippen LogP contribution >= 0.6 is 27.3 Å². The molecule has 0 fully saturated rings. The second-order valence-corrected chi connectivity index (χ2v) is 6.15. The predicted molar refractivity (Wildman–Crippen MR) is 86.9 cm³/mol. The number of nitrogen functional groups attached to an aromatic ring is 1. The summed E-state index contributed by atoms with van der Waals surface area (Å²) in [5.74, 6) is -2.25. The Labute approximate surface area is 148 Å². The van der Waals surface area contributed by atoms with Crippen LogP contribution in [0.3, 0.4) is 0 Å². The van der Waals surface area contributed by atoms with E-state index in [0.717, 1.165) is 11.3 Å². The summed E-state index contributed by atoms with van der Waals surface area (Å²) in [5, 5.41) is 0.0639. The number of hydrogen-bond acceptors (Lipinski definition) is 9. The molecule has 0 spiro atoms. The van der Waals surface area contributed by atoms with Gasteiger partial charge in [0.05, 0.1) is 14.2 Å². The molecular weight excluding hydrogens is 406 g/mol. The van der Waals surface area contributed by atoms with Crippen LogP contribution in [0.5, 0.6) is 0 Å². The number of nitrogens with two attached hydrogens (primary N) is 1. The van der Waals surface area contributed by atoms with Crippen molar-refractivity contribution in [3.8, 4) is 0 Å². The molecule has 24 heavy (non-hydrogen) atoms. The van der Waals surface area contributed by atoms with Gasteiger partial charge in [-0.3, -0.25) is 0 Å². The van der Waals surface area contributed by atoms with Gasteiger partial charge in [0.2, 0.25) is 5.76 Å². The minimum atomic E-state index is -0.767. The highest BCUT2D eigenvalue weighted by Crippen LogP contribution is 2.33. The molecular formula is C14H12BrNO7S. The van der Waals surface area contributed by atoms with Gasteiger partial charge >= 0.3 is 17.9 Å². The number of methoxy groups -OCH3 is 2. The number of ether oxygens (including phenoxy) is 3. The molecule has 2 heterocycles. The summed E-state index contributed by atoms with van der Waals surface area (Å²) in [6.45, 7) is -0.375. The summed E-state index contributed by atoms with van der Waals surface area (Å²) in [4.78, 5) is 35.7. The molecule has 0 aromatic carbocycles. The first-order chi connectivity index (χ1) is 11.4. The van der Waals surface area contributed by atoms with Crippen LogP contribution in [0.2, 0.25) is 0 Å². The molecule has 2 N–H and O–H groups in total. The maximum atomic E-state index is 11.9. The Balaban J connectivity index is 2.31. The molecule has 0 aliphatic rings. The number of furan rings is 1. The highest BCUT2D eigenvalue weighted by molar-refractivity contribution is 9.10. The molecule has 128 valence electrons. The van der Waals surface area contributed by atoms with Gasteiger partial charge < -0.3 is 24.4 Å². The fourth-order valence-electron chi connectivity index (χ4n) is 1.84. The van der Waals surface area contributed by atoms with Gasteiger partial charge in [0.15, 0.2) is 4.67 Å². The molecule has 2 rings (SSSR count). The highest BCUT2D eigenvalue weighted by atomic mass is 79.9. The van der Waals surface area contributed by atoms with E-state index in [-0.39, 0.29) is 33.4 Å². The first-order valence-electron chi connectivity index (χ1n) is 6.39. The number of hydrogen-bond donors (Lipinski definition) is 1. The van der Waals surface area contributed by atoms with E-state index < -0.39 is 17.9 Å². The number of carbonyl (C=O) groups is 3. The zero-order valence-electron chi connectivity index (χ0n) is 12.6. The number of anilines is 1. The largest absolute Gasteiger partial charge is 0.465 e. The van der Waals surface area contributed by atoms with Gasteiger partial charge in [0.1, 0.15) is 22.0 Å². The smallest absolute Gasteiger partial charge is 0.374 e. The lowest BCUT2D eigenvalue weighted by Gasteiger charge is -2.07. The van der Waals surface area contributed by atoms with Crippen molar-refractivity contribution in [1.29, 1.82) is 0 Å². The van der Waals surface area contributed by atoms with E-state index >= 15 is 0 Å². The molecule has 0 unspecified atom stereocenters. The lowest BCUT2D eigenvalue weighted by Crippen LogP contribution is -2.12. The minimum absolute atomic E-state index is 0.0312. The van der Waals surface area contributed by atoms with E-state index in [1.165, 1.54) is 26.4 Å². The molecule has 2 aromatic heterocycles. The van der Waals surface area contributed by atoms with Crippen molar-refractivity contribution < 1.29 is 33.0 Å². The van der Waals surface area contributed by atoms with E-state index in [0.29, 0.717) is 4.67 Å². The van der Waals surface area contributed by atoms with Gasteiger partial charge in [0.25, 0.3) is 0 Å². The SMILES string of the molecule is COC(=O)c1sc(N)c(C(=O)OC)c1COC(=O)c1ccc(Br)o1. The standard InChI is InChI=1S/C14H12BrNO7S/c1-20-13(18)9-6(10(14(19)21-2)24-11(9)16)5-22-12(17)7-3-4-8(15)23-7/h3-4H,5,16H2,1-2H3. The summed E-state index contributed by atoms with van der Waals surface area (Å²) in [6, 6.07) is 2.94. The van der Waals surface area contributed by atoms with Gasteiger partial charge in [-0.15, -0.1) is 11.3 Å². The zero-order chi connectivity index (χ0) is 17.9. The Hall–Kier alpha value is -2.33. The van der Waals surface area contributed by atoms with Crippen LogP contribution in [0.1, 0.15) is 36.1 Å². The second-order valence-electron chi connectivity index (χ2n) is 4.31. The van der Waals surface area contributed by atoms with Gasteiger partial charge in [-0.05, 0) is 28.1 Å². The molecule has 0 aliphatic heterocycles. The van der Waals surface area contributed by atoms with Crippen LogP contribution in [0, 0.1) is 0 Å². The molecule has 0 atom stereocenters. The van der Waals surface area contributed by atoms with Gasteiger partial charge in [-0.1, -0.05) is 0 Å². The molecule has 0 saturated carbocycles. The Bertz CT molecular complexity index is 795. The van der Waals surface area contributed by atoms with Crippen LogP contribution in [-0.4, -0.2) is 32.1 Å². The molecule has 0 saturated heterocycles. The summed E-state index contributed by atoms with van der Waals surface area (Å²) in [7, 11) is 2.36. The molecule has 8 nitrogen and oxygen atoms in total. The Morgan fingerprint density at radius 1 is 1.17 bits per heavy atom. The lowest BCUT2D eigenvalue weighted by molar-refractivity contribution is 0.0419. The molecule has 0 aliphatic carbocycles. The fourth-order valence-corrected chi connectivity index (χ4v) is 3.12. The zero-order valence-corrected chi connectivity index (χ0v) is 15.0. The maximum absolute atomic E-state index is 11.9. The van der Waals surface area contributed by atoms with Gasteiger partial charge in [-0.2, -0.15) is 0 Å². The summed E-state index contributed by atoms with van der Waals surface area (Å²) in [6.07, 6.45) is 0. The Morgan fingerprint density at radius 3 is 2.38 bits per heavy atom. The van der Waals surface area contributed by atoms with E-state index in [4.69, 9.17) is 14.9 Å². The average Bonchev–Trinajstić information content (AvgIpc) is 3.14. The first kappa shape index (κ1) is 18.0. The maximum Gasteiger partial charge on any atom is 0.374 e. The lowest BCUT2D eigenvalue weighted by atomic mass is 10.1. The van der Waals surface area contributed by atoms with Crippen LogP contribution in [0.15, 0.2) is 21.2 Å². The Morgan fingerprint density at radius 2 is 1.83 bits per heavy atom. The monoisotopic (exact) mass is 417 g/mol. The minimum Gasteiger partial charge on any atom is -0.465 e. The molecule has 0 amide bonds. The van der Waals surface area contributed by atoms with Crippen molar-refractivity contribution in [2.45, 2.75) is 6.61 Å². The van der Waals surface area contributed by atoms with E-state index in [9.17, 15) is 14.4 Å². The third kappa shape index (κ3) is 3.60. The molecule has 0 radical (unpaired) electrons. The highest BCUT2D eigenvalue weighted by Gasteiger charge is 2.28. The van der Waals surface area contributed by atoms with Crippen molar-refractivity contribution in [2.75, 3.05) is 20.0 Å². The quantitative estimate of drug-likeness (QED) is 0.582. The number of halogens is 1. The summed E-state index contributed by atoms with van der Waals surface area (Å²) in [5.41, 5.74) is 5.87. The van der Waals surface area contributed by atoms with E-state index in [2.05, 4.69) is 25.4 Å². The van der Waals surface area contributed by atoms with Gasteiger partial charge in [0, 0.05) is 5.56 Å². The molecule has 0 bridgehead atoms. The number of esters is 3. The van der Waals surface area contributed by atoms with Crippen LogP contribution < -0.4 is 5.73 Å². The van der Waals surface area contributed by atoms with Crippen molar-refractivity contribution >= 4 is 50.2 Å². The van der Waals surface area contributed by atoms with Crippen molar-refractivity contribution in [3.63, 3.8) is 0 Å².